The van der Waals surface area contributed by atoms with Crippen LogP contribution in [0.3, 0.4) is 0 Å². The monoisotopic (exact) mass is 413 g/mol. The molecule has 6 heteroatoms. The van der Waals surface area contributed by atoms with Crippen molar-refractivity contribution in [3.05, 3.63) is 84.4 Å². The van der Waals surface area contributed by atoms with Crippen molar-refractivity contribution in [2.45, 2.75) is 19.4 Å². The lowest BCUT2D eigenvalue weighted by Crippen LogP contribution is -2.52. The van der Waals surface area contributed by atoms with Gasteiger partial charge in [0.05, 0.1) is 0 Å². The molecule has 2 heterocycles. The van der Waals surface area contributed by atoms with Crippen LogP contribution in [0.2, 0.25) is 0 Å². The maximum Gasteiger partial charge on any atom is 0.638 e. The van der Waals surface area contributed by atoms with Gasteiger partial charge in [0.25, 0.3) is 5.91 Å². The standard InChI is InChI=1S/C25H21N3O3/c29-23(26-16-8-10-18-9-4-6-14-21(18)26)17-27-22-15-7-5-13-20(22)24(30)28(25(27)31)19-11-2-1-3-12-19/h1-7,9,11-15H,8,10,16-17H2/p+2. The number of anilines is 1. The summed E-state index contributed by atoms with van der Waals surface area (Å²) in [6.07, 6.45) is 1.86. The molecule has 2 N–H and O–H groups in total. The molecular formula is C25H23N3O3+2. The van der Waals surface area contributed by atoms with E-state index in [2.05, 4.69) is 6.07 Å². The summed E-state index contributed by atoms with van der Waals surface area (Å²) in [7, 11) is 0. The molecule has 0 spiro atoms. The number of hydrogen-bond donors (Lipinski definition) is 2. The van der Waals surface area contributed by atoms with E-state index in [1.165, 1.54) is 4.57 Å². The number of para-hydroxylation sites is 3. The van der Waals surface area contributed by atoms with Gasteiger partial charge in [-0.1, -0.05) is 53.1 Å². The van der Waals surface area contributed by atoms with Gasteiger partial charge in [-0.25, -0.2) is 0 Å². The second kappa shape index (κ2) is 7.72. The Morgan fingerprint density at radius 2 is 1.61 bits per heavy atom. The van der Waals surface area contributed by atoms with E-state index in [9.17, 15) is 15.0 Å². The van der Waals surface area contributed by atoms with Crippen molar-refractivity contribution in [3.8, 4) is 17.6 Å². The van der Waals surface area contributed by atoms with Crippen molar-refractivity contribution >= 4 is 22.5 Å². The van der Waals surface area contributed by atoms with Gasteiger partial charge in [-0.3, -0.25) is 4.79 Å². The van der Waals surface area contributed by atoms with Crippen LogP contribution in [0.4, 0.5) is 5.69 Å². The molecule has 0 atom stereocenters. The van der Waals surface area contributed by atoms with Crippen molar-refractivity contribution in [1.82, 2.24) is 0 Å². The van der Waals surface area contributed by atoms with Gasteiger partial charge in [-0.2, -0.15) is 0 Å². The smallest absolute Gasteiger partial charge is 0.459 e. The van der Waals surface area contributed by atoms with Crippen LogP contribution in [-0.4, -0.2) is 22.7 Å². The SMILES string of the molecule is O=C(C[n+]1c(O)[n+](-c2ccccc2)c(O)c2ccccc21)N1CCCc2ccccc21. The van der Waals surface area contributed by atoms with Crippen molar-refractivity contribution in [2.75, 3.05) is 11.4 Å². The zero-order valence-electron chi connectivity index (χ0n) is 17.0. The van der Waals surface area contributed by atoms with Crippen molar-refractivity contribution in [1.29, 1.82) is 0 Å². The lowest BCUT2D eigenvalue weighted by molar-refractivity contribution is -0.774. The molecule has 31 heavy (non-hydrogen) atoms. The molecule has 6 nitrogen and oxygen atoms in total. The number of carbonyl (C=O) groups is 1. The van der Waals surface area contributed by atoms with Crippen molar-refractivity contribution in [2.24, 2.45) is 0 Å². The first kappa shape index (κ1) is 19.1. The van der Waals surface area contributed by atoms with Gasteiger partial charge < -0.3 is 15.1 Å². The fraction of sp³-hybridized carbons (Fsp3) is 0.160. The largest absolute Gasteiger partial charge is 0.638 e. The Morgan fingerprint density at radius 1 is 0.903 bits per heavy atom. The molecule has 1 aliphatic rings. The minimum absolute atomic E-state index is 0.0478. The van der Waals surface area contributed by atoms with Gasteiger partial charge in [-0.05, 0) is 35.1 Å². The summed E-state index contributed by atoms with van der Waals surface area (Å²) < 4.78 is 2.92. The van der Waals surface area contributed by atoms with Gasteiger partial charge in [0.1, 0.15) is 0 Å². The average molecular weight is 413 g/mol. The summed E-state index contributed by atoms with van der Waals surface area (Å²) in [6.45, 7) is 0.597. The number of benzene rings is 3. The normalized spacial score (nSPS) is 13.2. The maximum atomic E-state index is 13.4. The molecule has 0 saturated heterocycles. The van der Waals surface area contributed by atoms with Crippen molar-refractivity contribution < 1.29 is 24.1 Å². The molecule has 5 rings (SSSR count). The zero-order valence-corrected chi connectivity index (χ0v) is 17.0. The van der Waals surface area contributed by atoms with E-state index < -0.39 is 0 Å². The molecule has 1 aromatic heterocycles. The predicted molar refractivity (Wildman–Crippen MR) is 116 cm³/mol. The highest BCUT2D eigenvalue weighted by Crippen LogP contribution is 2.27. The molecule has 0 bridgehead atoms. The number of carbonyl (C=O) groups excluding carboxylic acids is 1. The Labute approximate surface area is 179 Å². The predicted octanol–water partition coefficient (Wildman–Crippen LogP) is 2.79. The number of nitrogens with zero attached hydrogens (tertiary/aromatic N) is 3. The van der Waals surface area contributed by atoms with Crippen LogP contribution >= 0.6 is 0 Å². The molecule has 0 saturated carbocycles. The van der Waals surface area contributed by atoms with Crippen LogP contribution in [-0.2, 0) is 17.8 Å². The third-order valence-electron chi connectivity index (χ3n) is 5.81. The second-order valence-corrected chi connectivity index (χ2v) is 7.68. The fourth-order valence-corrected chi connectivity index (χ4v) is 4.33. The Morgan fingerprint density at radius 3 is 2.45 bits per heavy atom. The molecule has 0 aliphatic carbocycles. The minimum Gasteiger partial charge on any atom is -0.459 e. The van der Waals surface area contributed by atoms with Crippen LogP contribution < -0.4 is 14.0 Å². The van der Waals surface area contributed by atoms with E-state index in [0.717, 1.165) is 24.1 Å². The van der Waals surface area contributed by atoms with E-state index in [1.807, 2.05) is 48.5 Å². The highest BCUT2D eigenvalue weighted by Gasteiger charge is 2.37. The van der Waals surface area contributed by atoms with Gasteiger partial charge >= 0.3 is 11.9 Å². The molecule has 3 aromatic carbocycles. The summed E-state index contributed by atoms with van der Waals surface area (Å²) in [4.78, 5) is 15.2. The number of amides is 1. The number of aromatic nitrogens is 2. The fourth-order valence-electron chi connectivity index (χ4n) is 4.33. The van der Waals surface area contributed by atoms with Crippen LogP contribution in [0.1, 0.15) is 12.0 Å². The summed E-state index contributed by atoms with van der Waals surface area (Å²) >= 11 is 0. The lowest BCUT2D eigenvalue weighted by atomic mass is 10.0. The molecule has 0 unspecified atom stereocenters. The second-order valence-electron chi connectivity index (χ2n) is 7.68. The highest BCUT2D eigenvalue weighted by molar-refractivity contribution is 5.94. The highest BCUT2D eigenvalue weighted by atomic mass is 16.3. The first-order valence-corrected chi connectivity index (χ1v) is 10.4. The topological polar surface area (TPSA) is 68.5 Å². The Balaban J connectivity index is 1.63. The number of hydrogen-bond acceptors (Lipinski definition) is 3. The summed E-state index contributed by atoms with van der Waals surface area (Å²) in [5.74, 6) is -0.186. The van der Waals surface area contributed by atoms with Crippen molar-refractivity contribution in [3.63, 3.8) is 0 Å². The lowest BCUT2D eigenvalue weighted by Gasteiger charge is -2.28. The third kappa shape index (κ3) is 3.26. The van der Waals surface area contributed by atoms with E-state index in [4.69, 9.17) is 0 Å². The number of aryl methyl sites for hydroxylation is 1. The van der Waals surface area contributed by atoms with Gasteiger partial charge in [0, 0.05) is 30.4 Å². The zero-order chi connectivity index (χ0) is 21.4. The van der Waals surface area contributed by atoms with Crippen LogP contribution in [0.15, 0.2) is 78.9 Å². The molecule has 4 aromatic rings. The first-order valence-electron chi connectivity index (χ1n) is 10.4. The van der Waals surface area contributed by atoms with E-state index in [1.54, 1.807) is 33.7 Å². The Hall–Kier alpha value is -3.93. The number of aromatic hydroxyl groups is 2. The molecule has 1 amide bonds. The first-order chi connectivity index (χ1) is 15.1. The molecule has 1 aliphatic heterocycles. The van der Waals surface area contributed by atoms with Crippen LogP contribution in [0.25, 0.3) is 16.6 Å². The average Bonchev–Trinajstić information content (AvgIpc) is 2.82. The molecular weight excluding hydrogens is 390 g/mol. The van der Waals surface area contributed by atoms with Crippen LogP contribution in [0.5, 0.6) is 11.9 Å². The summed E-state index contributed by atoms with van der Waals surface area (Å²) in [6, 6.07) is 24.1. The molecule has 154 valence electrons. The van der Waals surface area contributed by atoms with E-state index in [0.29, 0.717) is 23.1 Å². The number of rotatable bonds is 3. The minimum atomic E-state index is -0.207. The number of fused-ring (bicyclic) bond motifs is 2. The molecule has 0 radical (unpaired) electrons. The Kier molecular flexibility index (Phi) is 4.75. The van der Waals surface area contributed by atoms with Gasteiger partial charge in [0.15, 0.2) is 5.39 Å². The third-order valence-corrected chi connectivity index (χ3v) is 5.81. The van der Waals surface area contributed by atoms with Gasteiger partial charge in [-0.15, -0.1) is 0 Å². The quantitative estimate of drug-likeness (QED) is 0.508. The summed E-state index contributed by atoms with van der Waals surface area (Å²) in [5.41, 5.74) is 3.28. The van der Waals surface area contributed by atoms with E-state index in [-0.39, 0.29) is 24.3 Å². The Bertz CT molecular complexity index is 1290. The van der Waals surface area contributed by atoms with Crippen LogP contribution in [0, 0.1) is 0 Å². The molecule has 0 fully saturated rings. The van der Waals surface area contributed by atoms with Gasteiger partial charge in [0.2, 0.25) is 17.7 Å². The maximum absolute atomic E-state index is 13.4. The summed E-state index contributed by atoms with van der Waals surface area (Å²) in [5, 5.41) is 22.6. The van der Waals surface area contributed by atoms with E-state index >= 15 is 0 Å².